The molecule has 3 rings (SSSR count). The van der Waals surface area contributed by atoms with Crippen LogP contribution in [0.2, 0.25) is 0 Å². The van der Waals surface area contributed by atoms with Gasteiger partial charge in [0, 0.05) is 24.4 Å². The van der Waals surface area contributed by atoms with E-state index < -0.39 is 18.4 Å². The maximum Gasteiger partial charge on any atom is 0.458 e. The molecule has 1 aromatic carbocycles. The maximum atomic E-state index is 12.7. The number of alkyl halides is 3. The summed E-state index contributed by atoms with van der Waals surface area (Å²) >= 11 is 0. The predicted molar refractivity (Wildman–Crippen MR) is 83.3 cm³/mol. The largest absolute Gasteiger partial charge is 0.496 e. The van der Waals surface area contributed by atoms with E-state index in [0.717, 1.165) is 11.1 Å². The molecule has 25 heavy (non-hydrogen) atoms. The highest BCUT2D eigenvalue weighted by atomic mass is 19.4. The number of ether oxygens (including phenoxy) is 1. The van der Waals surface area contributed by atoms with Crippen molar-refractivity contribution in [3.8, 4) is 5.75 Å². The zero-order valence-electron chi connectivity index (χ0n) is 13.2. The summed E-state index contributed by atoms with van der Waals surface area (Å²) in [7, 11) is 1.57. The molecule has 0 saturated carbocycles. The van der Waals surface area contributed by atoms with Gasteiger partial charge in [-0.15, -0.1) is 0 Å². The quantitative estimate of drug-likeness (QED) is 0.919. The number of oxime groups is 1. The molecule has 1 unspecified atom stereocenters. The molecule has 1 aromatic heterocycles. The molecule has 132 valence electrons. The highest BCUT2D eigenvalue weighted by molar-refractivity contribution is 6.01. The fourth-order valence-corrected chi connectivity index (χ4v) is 2.51. The van der Waals surface area contributed by atoms with Crippen LogP contribution in [0, 0.1) is 0 Å². The molecule has 2 aromatic rings. The second kappa shape index (κ2) is 6.36. The summed E-state index contributed by atoms with van der Waals surface area (Å²) in [5, 5.41) is 12.9. The summed E-state index contributed by atoms with van der Waals surface area (Å²) in [6.45, 7) is 0. The summed E-state index contributed by atoms with van der Waals surface area (Å²) in [5.41, 5.74) is 2.33. The number of methoxy groups -OCH3 is 1. The lowest BCUT2D eigenvalue weighted by atomic mass is 9.99. The summed E-state index contributed by atoms with van der Waals surface area (Å²) in [5.74, 6) is -2.55. The number of aromatic nitrogens is 1. The summed E-state index contributed by atoms with van der Waals surface area (Å²) in [6, 6.07) is 8.59. The van der Waals surface area contributed by atoms with Crippen LogP contribution in [0.3, 0.4) is 0 Å². The number of halogens is 3. The van der Waals surface area contributed by atoms with Crippen LogP contribution >= 0.6 is 0 Å². The van der Waals surface area contributed by atoms with Crippen molar-refractivity contribution < 1.29 is 27.9 Å². The first kappa shape index (κ1) is 17.2. The maximum absolute atomic E-state index is 12.7. The van der Waals surface area contributed by atoms with Gasteiger partial charge in [0.15, 0.2) is 0 Å². The molecule has 0 fully saturated rings. The Morgan fingerprint density at radius 1 is 1.24 bits per heavy atom. The Morgan fingerprint density at radius 3 is 2.56 bits per heavy atom. The fraction of sp³-hybridized carbons (Fsp3) is 0.294. The molecule has 0 saturated heterocycles. The normalized spacial score (nSPS) is 20.1. The average Bonchev–Trinajstić information content (AvgIpc) is 3.00. The molecule has 0 radical (unpaired) electrons. The van der Waals surface area contributed by atoms with E-state index in [9.17, 15) is 18.3 Å². The van der Waals surface area contributed by atoms with Gasteiger partial charge in [0.25, 0.3) is 0 Å². The van der Waals surface area contributed by atoms with Crippen LogP contribution in [-0.4, -0.2) is 34.9 Å². The summed E-state index contributed by atoms with van der Waals surface area (Å²) < 4.78 is 43.5. The van der Waals surface area contributed by atoms with Gasteiger partial charge >= 0.3 is 12.0 Å². The van der Waals surface area contributed by atoms with Gasteiger partial charge < -0.3 is 14.7 Å². The van der Waals surface area contributed by atoms with Crippen molar-refractivity contribution in [1.82, 2.24) is 4.98 Å². The minimum Gasteiger partial charge on any atom is -0.496 e. The molecule has 5 nitrogen and oxygen atoms in total. The molecule has 0 spiro atoms. The van der Waals surface area contributed by atoms with E-state index in [1.807, 2.05) is 0 Å². The number of hydrogen-bond donors (Lipinski definition) is 1. The molecule has 1 N–H and O–H groups in total. The number of rotatable bonds is 4. The second-order valence-electron chi connectivity index (χ2n) is 5.65. The zero-order valence-corrected chi connectivity index (χ0v) is 13.2. The smallest absolute Gasteiger partial charge is 0.458 e. The van der Waals surface area contributed by atoms with Crippen molar-refractivity contribution in [2.24, 2.45) is 5.16 Å². The standard InChI is InChI=1S/C17H15F3N2O3/c1-24-15-6-7-21-10-13(15)8-11-2-4-12(5-3-11)14-9-16(23,25-22-14)17(18,19)20/h2-7,10,23H,8-9H2,1H3. The first-order chi connectivity index (χ1) is 11.8. The van der Waals surface area contributed by atoms with Gasteiger partial charge in [-0.3, -0.25) is 4.98 Å². The van der Waals surface area contributed by atoms with Crippen molar-refractivity contribution in [2.45, 2.75) is 24.8 Å². The average molecular weight is 352 g/mol. The molecule has 0 amide bonds. The van der Waals surface area contributed by atoms with Crippen LogP contribution in [0.15, 0.2) is 47.9 Å². The first-order valence-corrected chi connectivity index (χ1v) is 7.43. The van der Waals surface area contributed by atoms with E-state index in [-0.39, 0.29) is 5.71 Å². The Kier molecular flexibility index (Phi) is 4.38. The number of hydrogen-bond acceptors (Lipinski definition) is 5. The Hall–Kier alpha value is -2.61. The third kappa shape index (κ3) is 3.43. The molecule has 2 heterocycles. The zero-order chi connectivity index (χ0) is 18.1. The topological polar surface area (TPSA) is 63.9 Å². The van der Waals surface area contributed by atoms with Gasteiger partial charge in [-0.05, 0) is 17.2 Å². The van der Waals surface area contributed by atoms with Gasteiger partial charge in [-0.25, -0.2) is 0 Å². The van der Waals surface area contributed by atoms with E-state index in [1.54, 1.807) is 49.8 Å². The Morgan fingerprint density at radius 2 is 1.96 bits per heavy atom. The van der Waals surface area contributed by atoms with Crippen molar-refractivity contribution in [2.75, 3.05) is 7.11 Å². The van der Waals surface area contributed by atoms with E-state index in [4.69, 9.17) is 4.74 Å². The monoisotopic (exact) mass is 352 g/mol. The Labute approximate surface area is 141 Å². The Bertz CT molecular complexity index is 790. The van der Waals surface area contributed by atoms with E-state index in [0.29, 0.717) is 17.7 Å². The minimum absolute atomic E-state index is 0.0466. The van der Waals surface area contributed by atoms with Crippen LogP contribution in [0.1, 0.15) is 23.1 Å². The summed E-state index contributed by atoms with van der Waals surface area (Å²) in [6.07, 6.45) is -1.76. The van der Waals surface area contributed by atoms with E-state index in [2.05, 4.69) is 15.0 Å². The molecule has 1 aliphatic heterocycles. The second-order valence-corrected chi connectivity index (χ2v) is 5.65. The summed E-state index contributed by atoms with van der Waals surface area (Å²) in [4.78, 5) is 8.28. The fourth-order valence-electron chi connectivity index (χ4n) is 2.51. The lowest BCUT2D eigenvalue weighted by Crippen LogP contribution is -2.45. The Balaban J connectivity index is 1.73. The highest BCUT2D eigenvalue weighted by Gasteiger charge is 2.60. The molecule has 1 atom stereocenters. The van der Waals surface area contributed by atoms with Crippen LogP contribution in [0.5, 0.6) is 5.75 Å². The molecule has 0 aliphatic carbocycles. The first-order valence-electron chi connectivity index (χ1n) is 7.43. The number of benzene rings is 1. The van der Waals surface area contributed by atoms with E-state index >= 15 is 0 Å². The number of aliphatic hydroxyl groups is 1. The van der Waals surface area contributed by atoms with Gasteiger partial charge in [0.1, 0.15) is 5.75 Å². The van der Waals surface area contributed by atoms with Crippen molar-refractivity contribution >= 4 is 5.71 Å². The molecule has 1 aliphatic rings. The van der Waals surface area contributed by atoms with Crippen molar-refractivity contribution in [3.05, 3.63) is 59.4 Å². The third-order valence-corrected chi connectivity index (χ3v) is 3.92. The molecular weight excluding hydrogens is 337 g/mol. The third-order valence-electron chi connectivity index (χ3n) is 3.92. The number of pyridine rings is 1. The lowest BCUT2D eigenvalue weighted by molar-refractivity contribution is -0.355. The van der Waals surface area contributed by atoms with Gasteiger partial charge in [-0.1, -0.05) is 29.4 Å². The van der Waals surface area contributed by atoms with Crippen LogP contribution in [-0.2, 0) is 11.3 Å². The lowest BCUT2D eigenvalue weighted by Gasteiger charge is -2.22. The van der Waals surface area contributed by atoms with Gasteiger partial charge in [-0.2, -0.15) is 13.2 Å². The van der Waals surface area contributed by atoms with Crippen LogP contribution < -0.4 is 4.74 Å². The predicted octanol–water partition coefficient (Wildman–Crippen LogP) is 3.06. The minimum atomic E-state index is -4.91. The van der Waals surface area contributed by atoms with Crippen molar-refractivity contribution in [1.29, 1.82) is 0 Å². The molecule has 0 bridgehead atoms. The van der Waals surface area contributed by atoms with Gasteiger partial charge in [0.05, 0.1) is 19.2 Å². The van der Waals surface area contributed by atoms with Crippen LogP contribution in [0.25, 0.3) is 0 Å². The van der Waals surface area contributed by atoms with E-state index in [1.165, 1.54) is 0 Å². The molecule has 8 heteroatoms. The van der Waals surface area contributed by atoms with Gasteiger partial charge in [0.2, 0.25) is 0 Å². The highest BCUT2D eigenvalue weighted by Crippen LogP contribution is 2.38. The molecular formula is C17H15F3N2O3. The van der Waals surface area contributed by atoms with Crippen LogP contribution in [0.4, 0.5) is 13.2 Å². The SMILES string of the molecule is COc1ccncc1Cc1ccc(C2=NOC(O)(C(F)(F)F)C2)cc1. The van der Waals surface area contributed by atoms with Crippen molar-refractivity contribution in [3.63, 3.8) is 0 Å². The number of nitrogens with zero attached hydrogens (tertiary/aromatic N) is 2.